The van der Waals surface area contributed by atoms with Gasteiger partial charge in [0, 0.05) is 23.9 Å². The number of nitrogens with one attached hydrogen (secondary N) is 1. The van der Waals surface area contributed by atoms with Crippen LogP contribution in [0.1, 0.15) is 54.0 Å². The van der Waals surface area contributed by atoms with Crippen molar-refractivity contribution in [1.29, 1.82) is 0 Å². The molecule has 4 heteroatoms. The molecule has 0 saturated heterocycles. The van der Waals surface area contributed by atoms with Gasteiger partial charge in [-0.15, -0.1) is 0 Å². The summed E-state index contributed by atoms with van der Waals surface area (Å²) in [5, 5.41) is 7.45. The number of hydrogen-bond donors (Lipinski definition) is 1. The molecule has 2 rings (SSSR count). The average Bonchev–Trinajstić information content (AvgIpc) is 2.88. The van der Waals surface area contributed by atoms with Crippen LogP contribution in [0.2, 0.25) is 0 Å². The number of aryl methyl sites for hydroxylation is 3. The van der Waals surface area contributed by atoms with Crippen molar-refractivity contribution < 1.29 is 4.79 Å². The molecule has 1 atom stereocenters. The molecule has 0 bridgehead atoms. The Morgan fingerprint density at radius 3 is 2.48 bits per heavy atom. The van der Waals surface area contributed by atoms with E-state index in [9.17, 15) is 4.79 Å². The SMILES string of the molecule is CCc1ccc(C(=O)NC(C)c2cn(CC)nc2C)cc1. The lowest BCUT2D eigenvalue weighted by Crippen LogP contribution is -2.26. The monoisotopic (exact) mass is 285 g/mol. The van der Waals surface area contributed by atoms with Gasteiger partial charge in [0.15, 0.2) is 0 Å². The van der Waals surface area contributed by atoms with E-state index < -0.39 is 0 Å². The number of amides is 1. The van der Waals surface area contributed by atoms with Gasteiger partial charge in [-0.1, -0.05) is 19.1 Å². The highest BCUT2D eigenvalue weighted by molar-refractivity contribution is 5.94. The van der Waals surface area contributed by atoms with E-state index >= 15 is 0 Å². The summed E-state index contributed by atoms with van der Waals surface area (Å²) in [6, 6.07) is 7.70. The largest absolute Gasteiger partial charge is 0.345 e. The predicted octanol–water partition coefficient (Wildman–Crippen LogP) is 3.26. The van der Waals surface area contributed by atoms with E-state index in [1.54, 1.807) is 0 Å². The maximum atomic E-state index is 12.3. The van der Waals surface area contributed by atoms with Crippen molar-refractivity contribution in [2.24, 2.45) is 0 Å². The Bertz CT molecular complexity index is 613. The summed E-state index contributed by atoms with van der Waals surface area (Å²) in [6.45, 7) is 8.95. The Labute approximate surface area is 126 Å². The second-order valence-electron chi connectivity index (χ2n) is 5.27. The number of nitrogens with zero attached hydrogens (tertiary/aromatic N) is 2. The standard InChI is InChI=1S/C17H23N3O/c1-5-14-7-9-15(10-8-14)17(21)18-12(3)16-11-20(6-2)19-13(16)4/h7-12H,5-6H2,1-4H3,(H,18,21). The van der Waals surface area contributed by atoms with Crippen molar-refractivity contribution in [2.75, 3.05) is 0 Å². The van der Waals surface area contributed by atoms with Crippen molar-refractivity contribution in [3.05, 3.63) is 52.8 Å². The van der Waals surface area contributed by atoms with E-state index in [0.29, 0.717) is 5.56 Å². The van der Waals surface area contributed by atoms with Crippen molar-refractivity contribution in [3.63, 3.8) is 0 Å². The van der Waals surface area contributed by atoms with E-state index in [1.165, 1.54) is 5.56 Å². The summed E-state index contributed by atoms with van der Waals surface area (Å²) < 4.78 is 1.89. The van der Waals surface area contributed by atoms with Crippen LogP contribution in [0, 0.1) is 6.92 Å². The molecule has 4 nitrogen and oxygen atoms in total. The highest BCUT2D eigenvalue weighted by Gasteiger charge is 2.15. The molecule has 1 heterocycles. The van der Waals surface area contributed by atoms with E-state index in [4.69, 9.17) is 0 Å². The molecule has 1 N–H and O–H groups in total. The lowest BCUT2D eigenvalue weighted by atomic mass is 10.1. The molecule has 1 aromatic carbocycles. The molecule has 0 fully saturated rings. The Morgan fingerprint density at radius 2 is 1.95 bits per heavy atom. The van der Waals surface area contributed by atoms with Crippen LogP contribution in [0.5, 0.6) is 0 Å². The summed E-state index contributed by atoms with van der Waals surface area (Å²) in [4.78, 5) is 12.3. The second kappa shape index (κ2) is 6.57. The summed E-state index contributed by atoms with van der Waals surface area (Å²) in [6.07, 6.45) is 2.98. The molecule has 21 heavy (non-hydrogen) atoms. The highest BCUT2D eigenvalue weighted by Crippen LogP contribution is 2.17. The van der Waals surface area contributed by atoms with Crippen molar-refractivity contribution in [3.8, 4) is 0 Å². The predicted molar refractivity (Wildman–Crippen MR) is 84.3 cm³/mol. The van der Waals surface area contributed by atoms with Gasteiger partial charge in [-0.2, -0.15) is 5.10 Å². The molecule has 1 amide bonds. The minimum Gasteiger partial charge on any atom is -0.345 e. The highest BCUT2D eigenvalue weighted by atomic mass is 16.1. The van der Waals surface area contributed by atoms with Crippen molar-refractivity contribution >= 4 is 5.91 Å². The fourth-order valence-corrected chi connectivity index (χ4v) is 2.37. The number of aromatic nitrogens is 2. The fourth-order valence-electron chi connectivity index (χ4n) is 2.37. The minimum atomic E-state index is -0.0522. The van der Waals surface area contributed by atoms with Crippen molar-refractivity contribution in [1.82, 2.24) is 15.1 Å². The maximum Gasteiger partial charge on any atom is 0.251 e. The number of rotatable bonds is 5. The van der Waals surface area contributed by atoms with E-state index in [1.807, 2.05) is 49.0 Å². The van der Waals surface area contributed by atoms with Gasteiger partial charge in [0.05, 0.1) is 11.7 Å². The van der Waals surface area contributed by atoms with Crippen LogP contribution in [-0.4, -0.2) is 15.7 Å². The van der Waals surface area contributed by atoms with Gasteiger partial charge in [-0.05, 0) is 44.9 Å². The van der Waals surface area contributed by atoms with Gasteiger partial charge in [-0.3, -0.25) is 9.48 Å². The molecule has 2 aromatic rings. The van der Waals surface area contributed by atoms with Crippen LogP contribution in [0.3, 0.4) is 0 Å². The first kappa shape index (κ1) is 15.3. The van der Waals surface area contributed by atoms with Crippen LogP contribution in [0.15, 0.2) is 30.5 Å². The van der Waals surface area contributed by atoms with Gasteiger partial charge in [0.25, 0.3) is 5.91 Å². The topological polar surface area (TPSA) is 46.9 Å². The van der Waals surface area contributed by atoms with Gasteiger partial charge in [-0.25, -0.2) is 0 Å². The van der Waals surface area contributed by atoms with Crippen LogP contribution in [0.25, 0.3) is 0 Å². The first-order chi connectivity index (χ1) is 10.0. The molecule has 0 aliphatic carbocycles. The minimum absolute atomic E-state index is 0.0474. The molecule has 1 unspecified atom stereocenters. The van der Waals surface area contributed by atoms with Gasteiger partial charge in [0.2, 0.25) is 0 Å². The molecule has 112 valence electrons. The zero-order chi connectivity index (χ0) is 15.4. The lowest BCUT2D eigenvalue weighted by Gasteiger charge is -2.13. The third kappa shape index (κ3) is 3.51. The zero-order valence-corrected chi connectivity index (χ0v) is 13.2. The smallest absolute Gasteiger partial charge is 0.251 e. The van der Waals surface area contributed by atoms with E-state index in [-0.39, 0.29) is 11.9 Å². The molecule has 1 aromatic heterocycles. The summed E-state index contributed by atoms with van der Waals surface area (Å²) >= 11 is 0. The molecule has 0 aliphatic rings. The third-order valence-electron chi connectivity index (χ3n) is 3.75. The van der Waals surface area contributed by atoms with Gasteiger partial charge >= 0.3 is 0 Å². The Morgan fingerprint density at radius 1 is 1.29 bits per heavy atom. The second-order valence-corrected chi connectivity index (χ2v) is 5.27. The van der Waals surface area contributed by atoms with Crippen LogP contribution in [0.4, 0.5) is 0 Å². The first-order valence-corrected chi connectivity index (χ1v) is 7.48. The third-order valence-corrected chi connectivity index (χ3v) is 3.75. The van der Waals surface area contributed by atoms with E-state index in [0.717, 1.165) is 24.2 Å². The Hall–Kier alpha value is -2.10. The first-order valence-electron chi connectivity index (χ1n) is 7.48. The van der Waals surface area contributed by atoms with Crippen LogP contribution >= 0.6 is 0 Å². The molecule has 0 aliphatic heterocycles. The summed E-state index contributed by atoms with van der Waals surface area (Å²) in [5.41, 5.74) is 3.96. The van der Waals surface area contributed by atoms with Crippen LogP contribution < -0.4 is 5.32 Å². The average molecular weight is 285 g/mol. The number of benzene rings is 1. The number of carbonyl (C=O) groups is 1. The Kier molecular flexibility index (Phi) is 4.78. The Balaban J connectivity index is 2.08. The summed E-state index contributed by atoms with van der Waals surface area (Å²) in [5.74, 6) is -0.0474. The number of carbonyl (C=O) groups excluding carboxylic acids is 1. The lowest BCUT2D eigenvalue weighted by molar-refractivity contribution is 0.0940. The summed E-state index contributed by atoms with van der Waals surface area (Å²) in [7, 11) is 0. The maximum absolute atomic E-state index is 12.3. The zero-order valence-electron chi connectivity index (χ0n) is 13.2. The van der Waals surface area contributed by atoms with Crippen molar-refractivity contribution in [2.45, 2.75) is 46.7 Å². The van der Waals surface area contributed by atoms with Crippen LogP contribution in [-0.2, 0) is 13.0 Å². The molecular weight excluding hydrogens is 262 g/mol. The molecule has 0 spiro atoms. The molecule has 0 radical (unpaired) electrons. The molecular formula is C17H23N3O. The normalized spacial score (nSPS) is 12.2. The molecule has 0 saturated carbocycles. The number of hydrogen-bond acceptors (Lipinski definition) is 2. The quantitative estimate of drug-likeness (QED) is 0.916. The van der Waals surface area contributed by atoms with E-state index in [2.05, 4.69) is 24.3 Å². The fraction of sp³-hybridized carbons (Fsp3) is 0.412. The van der Waals surface area contributed by atoms with Gasteiger partial charge in [0.1, 0.15) is 0 Å². The van der Waals surface area contributed by atoms with Gasteiger partial charge < -0.3 is 5.32 Å².